The lowest BCUT2D eigenvalue weighted by atomic mass is 9.86. The Balaban J connectivity index is 0.960. The topological polar surface area (TPSA) is 91.8 Å². The summed E-state index contributed by atoms with van der Waals surface area (Å²) in [6.45, 7) is 3.04. The van der Waals surface area contributed by atoms with Crippen molar-refractivity contribution in [2.45, 2.75) is 82.5 Å². The minimum atomic E-state index is -0.606. The number of amides is 3. The van der Waals surface area contributed by atoms with Crippen LogP contribution in [0.2, 0.25) is 0 Å². The Bertz CT molecular complexity index is 1510. The molecule has 2 saturated heterocycles. The number of hydrogen-bond donors (Lipinski definition) is 1. The van der Waals surface area contributed by atoms with Crippen LogP contribution in [-0.2, 0) is 22.7 Å². The van der Waals surface area contributed by atoms with E-state index in [-0.39, 0.29) is 24.3 Å². The number of imide groups is 1. The number of benzene rings is 2. The van der Waals surface area contributed by atoms with Crippen LogP contribution in [0.15, 0.2) is 48.5 Å². The van der Waals surface area contributed by atoms with Gasteiger partial charge in [-0.05, 0) is 73.2 Å². The smallest absolute Gasteiger partial charge is 0.255 e. The number of fused-ring (bicyclic) bond motifs is 2. The van der Waals surface area contributed by atoms with E-state index in [2.05, 4.69) is 40.5 Å². The molecule has 1 aromatic heterocycles. The summed E-state index contributed by atoms with van der Waals surface area (Å²) in [5.41, 5.74) is 5.10. The first-order chi connectivity index (χ1) is 20.0. The summed E-state index contributed by atoms with van der Waals surface area (Å²) in [5.74, 6) is 0.530. The van der Waals surface area contributed by atoms with Gasteiger partial charge in [0.15, 0.2) is 0 Å². The van der Waals surface area contributed by atoms with Gasteiger partial charge in [-0.15, -0.1) is 0 Å². The number of pyridine rings is 1. The van der Waals surface area contributed by atoms with Gasteiger partial charge in [-0.2, -0.15) is 0 Å². The van der Waals surface area contributed by atoms with Gasteiger partial charge in [0.1, 0.15) is 17.9 Å². The molecule has 0 bridgehead atoms. The largest absolute Gasteiger partial charge is 0.489 e. The average Bonchev–Trinajstić information content (AvgIpc) is 3.56. The summed E-state index contributed by atoms with van der Waals surface area (Å²) < 4.78 is 6.36. The van der Waals surface area contributed by atoms with E-state index >= 15 is 0 Å². The van der Waals surface area contributed by atoms with Gasteiger partial charge in [0.2, 0.25) is 11.8 Å². The summed E-state index contributed by atoms with van der Waals surface area (Å²) in [6.07, 6.45) is 8.16. The molecule has 8 heteroatoms. The number of nitrogens with one attached hydrogen (secondary N) is 1. The lowest BCUT2D eigenvalue weighted by Crippen LogP contribution is -2.52. The summed E-state index contributed by atoms with van der Waals surface area (Å²) in [7, 11) is 0. The molecule has 4 aliphatic rings. The third kappa shape index (κ3) is 5.33. The van der Waals surface area contributed by atoms with E-state index in [4.69, 9.17) is 9.72 Å². The summed E-state index contributed by atoms with van der Waals surface area (Å²) >= 11 is 0. The number of carbonyl (C=O) groups is 3. The number of carbonyl (C=O) groups excluding carboxylic acids is 3. The van der Waals surface area contributed by atoms with Crippen LogP contribution in [0.3, 0.4) is 0 Å². The van der Waals surface area contributed by atoms with Gasteiger partial charge in [0.25, 0.3) is 5.91 Å². The number of nitrogens with zero attached hydrogens (tertiary/aromatic N) is 3. The number of aromatic nitrogens is 1. The van der Waals surface area contributed by atoms with Crippen molar-refractivity contribution in [1.29, 1.82) is 0 Å². The van der Waals surface area contributed by atoms with Gasteiger partial charge in [-0.25, -0.2) is 0 Å². The van der Waals surface area contributed by atoms with Gasteiger partial charge >= 0.3 is 0 Å². The molecule has 1 saturated carbocycles. The Morgan fingerprint density at radius 2 is 1.80 bits per heavy atom. The van der Waals surface area contributed by atoms with Crippen molar-refractivity contribution in [2.75, 3.05) is 13.1 Å². The molecule has 3 fully saturated rings. The maximum absolute atomic E-state index is 13.0. The van der Waals surface area contributed by atoms with Crippen molar-refractivity contribution in [3.8, 4) is 5.75 Å². The molecule has 41 heavy (non-hydrogen) atoms. The SMILES string of the molecule is O=C1CCC(N2Cc3cc(O[C@H]4CCN(Cc5ccc6nc(C7CCCCC7)ccc6c5)C4)ccc3C2=O)C(=O)N1. The zero-order chi connectivity index (χ0) is 27.9. The lowest BCUT2D eigenvalue weighted by Gasteiger charge is -2.29. The predicted octanol–water partition coefficient (Wildman–Crippen LogP) is 4.70. The van der Waals surface area contributed by atoms with Gasteiger partial charge in [-0.1, -0.05) is 31.4 Å². The van der Waals surface area contributed by atoms with Crippen molar-refractivity contribution in [3.63, 3.8) is 0 Å². The minimum absolute atomic E-state index is 0.0802. The number of rotatable bonds is 6. The fourth-order valence-electron chi connectivity index (χ4n) is 7.03. The van der Waals surface area contributed by atoms with Crippen LogP contribution >= 0.6 is 0 Å². The molecule has 4 heterocycles. The Kier molecular flexibility index (Phi) is 6.95. The fourth-order valence-corrected chi connectivity index (χ4v) is 7.03. The summed E-state index contributed by atoms with van der Waals surface area (Å²) in [6, 6.07) is 16.1. The van der Waals surface area contributed by atoms with Gasteiger partial charge < -0.3 is 9.64 Å². The van der Waals surface area contributed by atoms with E-state index in [9.17, 15) is 14.4 Å². The van der Waals surface area contributed by atoms with E-state index in [1.54, 1.807) is 11.0 Å². The van der Waals surface area contributed by atoms with Crippen molar-refractivity contribution in [2.24, 2.45) is 0 Å². The molecule has 3 amide bonds. The predicted molar refractivity (Wildman–Crippen MR) is 154 cm³/mol. The molecular formula is C33H36N4O4. The van der Waals surface area contributed by atoms with Crippen LogP contribution in [0.4, 0.5) is 0 Å². The maximum Gasteiger partial charge on any atom is 0.255 e. The lowest BCUT2D eigenvalue weighted by molar-refractivity contribution is -0.136. The highest BCUT2D eigenvalue weighted by Crippen LogP contribution is 2.33. The fraction of sp³-hybridized carbons (Fsp3) is 0.455. The Morgan fingerprint density at radius 1 is 0.927 bits per heavy atom. The van der Waals surface area contributed by atoms with Crippen molar-refractivity contribution in [3.05, 3.63) is 70.9 Å². The quantitative estimate of drug-likeness (QED) is 0.446. The number of likely N-dealkylation sites (tertiary alicyclic amines) is 1. The minimum Gasteiger partial charge on any atom is -0.489 e. The summed E-state index contributed by atoms with van der Waals surface area (Å²) in [5, 5.41) is 3.56. The highest BCUT2D eigenvalue weighted by molar-refractivity contribution is 6.05. The van der Waals surface area contributed by atoms with E-state index in [0.29, 0.717) is 24.4 Å². The molecule has 3 aromatic rings. The highest BCUT2D eigenvalue weighted by Gasteiger charge is 2.39. The first kappa shape index (κ1) is 26.1. The zero-order valence-corrected chi connectivity index (χ0v) is 23.3. The van der Waals surface area contributed by atoms with Crippen LogP contribution in [0.25, 0.3) is 10.9 Å². The van der Waals surface area contributed by atoms with Crippen LogP contribution in [0.1, 0.15) is 84.5 Å². The van der Waals surface area contributed by atoms with Crippen molar-refractivity contribution >= 4 is 28.6 Å². The molecule has 0 spiro atoms. The van der Waals surface area contributed by atoms with E-state index < -0.39 is 11.9 Å². The van der Waals surface area contributed by atoms with Crippen LogP contribution in [0, 0.1) is 0 Å². The highest BCUT2D eigenvalue weighted by atomic mass is 16.5. The maximum atomic E-state index is 13.0. The molecule has 8 nitrogen and oxygen atoms in total. The van der Waals surface area contributed by atoms with Crippen molar-refractivity contribution in [1.82, 2.24) is 20.1 Å². The summed E-state index contributed by atoms with van der Waals surface area (Å²) in [4.78, 5) is 45.8. The molecule has 2 atom stereocenters. The molecular weight excluding hydrogens is 516 g/mol. The van der Waals surface area contributed by atoms with E-state index in [0.717, 1.165) is 42.9 Å². The monoisotopic (exact) mass is 552 g/mol. The average molecular weight is 553 g/mol. The normalized spacial score (nSPS) is 23.7. The van der Waals surface area contributed by atoms with Crippen LogP contribution < -0.4 is 10.1 Å². The first-order valence-corrected chi connectivity index (χ1v) is 15.1. The van der Waals surface area contributed by atoms with Gasteiger partial charge in [0.05, 0.1) is 5.52 Å². The molecule has 212 valence electrons. The molecule has 3 aliphatic heterocycles. The van der Waals surface area contributed by atoms with Crippen LogP contribution in [0.5, 0.6) is 5.75 Å². The molecule has 2 aromatic carbocycles. The Labute approximate surface area is 240 Å². The molecule has 0 radical (unpaired) electrons. The Morgan fingerprint density at radius 3 is 2.66 bits per heavy atom. The van der Waals surface area contributed by atoms with E-state index in [1.807, 2.05) is 12.1 Å². The van der Waals surface area contributed by atoms with Gasteiger partial charge in [-0.3, -0.25) is 29.6 Å². The Hall–Kier alpha value is -3.78. The van der Waals surface area contributed by atoms with Crippen molar-refractivity contribution < 1.29 is 19.1 Å². The number of ether oxygens (including phenoxy) is 1. The molecule has 1 unspecified atom stereocenters. The molecule has 1 aliphatic carbocycles. The third-order valence-corrected chi connectivity index (χ3v) is 9.23. The third-order valence-electron chi connectivity index (χ3n) is 9.23. The standard InChI is InChI=1S/C33H36N4O4/c38-31-13-12-30(32(39)35-31)37-19-24-17-25(8-9-27(24)33(37)40)41-26-14-15-36(20-26)18-21-6-10-29-23(16-21)7-11-28(34-29)22-4-2-1-3-5-22/h6-11,16-17,22,26,30H,1-5,12-15,18-20H2,(H,35,38,39)/t26-,30?/m0/s1. The molecule has 1 N–H and O–H groups in total. The van der Waals surface area contributed by atoms with Gasteiger partial charge in [0, 0.05) is 55.2 Å². The number of piperidine rings is 1. The van der Waals surface area contributed by atoms with E-state index in [1.165, 1.54) is 48.7 Å². The van der Waals surface area contributed by atoms with Crippen LogP contribution in [-0.4, -0.2) is 57.7 Å². The zero-order valence-electron chi connectivity index (χ0n) is 23.3. The second kappa shape index (κ2) is 10.9. The first-order valence-electron chi connectivity index (χ1n) is 15.1. The molecule has 7 rings (SSSR count). The number of hydrogen-bond acceptors (Lipinski definition) is 6. The second-order valence-corrected chi connectivity index (χ2v) is 12.1. The second-order valence-electron chi connectivity index (χ2n) is 12.1.